The summed E-state index contributed by atoms with van der Waals surface area (Å²) in [5.74, 6) is 0.288. The van der Waals surface area contributed by atoms with E-state index >= 15 is 0 Å². The molecule has 0 aliphatic heterocycles. The van der Waals surface area contributed by atoms with Gasteiger partial charge in [0.1, 0.15) is 17.0 Å². The number of phenolic OH excluding ortho intramolecular Hbond substituents is 2. The Morgan fingerprint density at radius 3 is 2.85 bits per heavy atom. The second kappa shape index (κ2) is 6.32. The number of nitrogens with one attached hydrogen (secondary N) is 1. The molecule has 0 saturated heterocycles. The Kier molecular flexibility index (Phi) is 3.85. The van der Waals surface area contributed by atoms with E-state index in [2.05, 4.69) is 30.3 Å². The smallest absolute Gasteiger partial charge is 0.265 e. The van der Waals surface area contributed by atoms with Crippen LogP contribution in [0.1, 0.15) is 12.5 Å². The van der Waals surface area contributed by atoms with Crippen LogP contribution >= 0.6 is 0 Å². The zero-order valence-electron chi connectivity index (χ0n) is 14.0. The van der Waals surface area contributed by atoms with Crippen LogP contribution in [0.3, 0.4) is 0 Å². The van der Waals surface area contributed by atoms with E-state index in [1.807, 2.05) is 31.2 Å². The highest BCUT2D eigenvalue weighted by Crippen LogP contribution is 2.26. The van der Waals surface area contributed by atoms with Gasteiger partial charge in [-0.2, -0.15) is 10.1 Å². The van der Waals surface area contributed by atoms with Crippen molar-refractivity contribution in [1.29, 1.82) is 0 Å². The third kappa shape index (κ3) is 2.67. The maximum atomic E-state index is 9.75. The highest BCUT2D eigenvalue weighted by molar-refractivity contribution is 6.04. The monoisotopic (exact) mass is 348 g/mol. The molecule has 2 heterocycles. The van der Waals surface area contributed by atoms with Crippen molar-refractivity contribution < 1.29 is 10.2 Å². The summed E-state index contributed by atoms with van der Waals surface area (Å²) in [6.45, 7) is 2.80. The van der Waals surface area contributed by atoms with Gasteiger partial charge in [0.2, 0.25) is 0 Å². The highest BCUT2D eigenvalue weighted by atomic mass is 16.3. The third-order valence-electron chi connectivity index (χ3n) is 4.07. The van der Waals surface area contributed by atoms with Crippen LogP contribution < -0.4 is 5.43 Å². The fraction of sp³-hybridized carbons (Fsp3) is 0.111. The topological polar surface area (TPSA) is 108 Å². The molecule has 0 saturated carbocycles. The maximum absolute atomic E-state index is 9.75. The van der Waals surface area contributed by atoms with Crippen molar-refractivity contribution in [2.75, 3.05) is 5.43 Å². The number of para-hydroxylation sites is 1. The van der Waals surface area contributed by atoms with Crippen LogP contribution in [0.25, 0.3) is 22.1 Å². The number of aromatic nitrogens is 4. The van der Waals surface area contributed by atoms with Gasteiger partial charge >= 0.3 is 0 Å². The quantitative estimate of drug-likeness (QED) is 0.297. The molecule has 0 unspecified atom stereocenters. The molecule has 0 bridgehead atoms. The number of fused-ring (bicyclic) bond motifs is 3. The Balaban J connectivity index is 1.68. The van der Waals surface area contributed by atoms with Crippen LogP contribution in [0.5, 0.6) is 11.5 Å². The largest absolute Gasteiger partial charge is 0.508 e. The van der Waals surface area contributed by atoms with Crippen molar-refractivity contribution in [3.05, 3.63) is 48.0 Å². The summed E-state index contributed by atoms with van der Waals surface area (Å²) < 4.78 is 2.06. The summed E-state index contributed by atoms with van der Waals surface area (Å²) in [7, 11) is 0. The van der Waals surface area contributed by atoms with E-state index in [0.717, 1.165) is 28.6 Å². The molecule has 0 aliphatic carbocycles. The third-order valence-corrected chi connectivity index (χ3v) is 4.07. The molecule has 0 amide bonds. The predicted octanol–water partition coefficient (Wildman–Crippen LogP) is 2.86. The molecule has 4 rings (SSSR count). The lowest BCUT2D eigenvalue weighted by molar-refractivity contribution is 0.459. The summed E-state index contributed by atoms with van der Waals surface area (Å²) in [4.78, 5) is 4.51. The second-order valence-corrected chi connectivity index (χ2v) is 5.68. The minimum Gasteiger partial charge on any atom is -0.508 e. The fourth-order valence-electron chi connectivity index (χ4n) is 2.88. The van der Waals surface area contributed by atoms with Gasteiger partial charge in [-0.05, 0) is 31.2 Å². The van der Waals surface area contributed by atoms with Crippen LogP contribution in [0.15, 0.2) is 47.6 Å². The minimum atomic E-state index is 0.00829. The molecule has 0 atom stereocenters. The molecule has 8 nitrogen and oxygen atoms in total. The molecular weight excluding hydrogens is 332 g/mol. The highest BCUT2D eigenvalue weighted by Gasteiger charge is 2.13. The molecule has 0 aliphatic rings. The van der Waals surface area contributed by atoms with Gasteiger partial charge in [-0.1, -0.05) is 18.2 Å². The molecule has 0 spiro atoms. The molecule has 130 valence electrons. The number of rotatable bonds is 4. The van der Waals surface area contributed by atoms with Gasteiger partial charge in [0.05, 0.1) is 11.7 Å². The van der Waals surface area contributed by atoms with Gasteiger partial charge < -0.3 is 14.8 Å². The van der Waals surface area contributed by atoms with Crippen molar-refractivity contribution in [3.8, 4) is 11.5 Å². The normalized spacial score (nSPS) is 11.6. The Bertz CT molecular complexity index is 1140. The first-order valence-electron chi connectivity index (χ1n) is 8.10. The second-order valence-electron chi connectivity index (χ2n) is 5.68. The number of hydrazone groups is 1. The number of anilines is 1. The summed E-state index contributed by atoms with van der Waals surface area (Å²) in [5, 5.41) is 32.6. The van der Waals surface area contributed by atoms with Crippen LogP contribution in [0, 0.1) is 0 Å². The van der Waals surface area contributed by atoms with Crippen molar-refractivity contribution in [2.24, 2.45) is 5.10 Å². The van der Waals surface area contributed by atoms with E-state index in [-0.39, 0.29) is 17.4 Å². The lowest BCUT2D eigenvalue weighted by Gasteiger charge is -2.03. The Hall–Kier alpha value is -3.68. The van der Waals surface area contributed by atoms with Crippen molar-refractivity contribution in [3.63, 3.8) is 0 Å². The number of aryl methyl sites for hydroxylation is 1. The Morgan fingerprint density at radius 1 is 1.15 bits per heavy atom. The van der Waals surface area contributed by atoms with E-state index in [0.29, 0.717) is 5.56 Å². The van der Waals surface area contributed by atoms with Crippen molar-refractivity contribution in [2.45, 2.75) is 13.5 Å². The Labute approximate surface area is 148 Å². The molecule has 4 aromatic rings. The van der Waals surface area contributed by atoms with Crippen molar-refractivity contribution >= 4 is 34.2 Å². The Morgan fingerprint density at radius 2 is 2.00 bits per heavy atom. The standard InChI is InChI=1S/C18H16N6O2/c1-2-24-14-6-4-3-5-13(14)16-17(24)20-18(23-21-16)22-19-10-11-9-12(25)7-8-15(11)26/h3-10,25-26H,2H2,1H3,(H,20,22,23)/b19-10+. The summed E-state index contributed by atoms with van der Waals surface area (Å²) >= 11 is 0. The lowest BCUT2D eigenvalue weighted by atomic mass is 10.2. The number of phenols is 2. The molecule has 2 aromatic carbocycles. The zero-order valence-corrected chi connectivity index (χ0v) is 14.0. The van der Waals surface area contributed by atoms with E-state index in [4.69, 9.17) is 0 Å². The number of hydrogen-bond acceptors (Lipinski definition) is 7. The first-order valence-corrected chi connectivity index (χ1v) is 8.10. The first-order chi connectivity index (χ1) is 12.7. The maximum Gasteiger partial charge on any atom is 0.265 e. The molecular formula is C18H16N6O2. The lowest BCUT2D eigenvalue weighted by Crippen LogP contribution is -2.02. The molecule has 26 heavy (non-hydrogen) atoms. The van der Waals surface area contributed by atoms with E-state index < -0.39 is 0 Å². The SMILES string of the molecule is CCn1c2ccccc2c2nnc(N/N=C/c3cc(O)ccc3O)nc21. The number of nitrogens with zero attached hydrogens (tertiary/aromatic N) is 5. The number of benzene rings is 2. The van der Waals surface area contributed by atoms with Gasteiger partial charge in [0.25, 0.3) is 5.95 Å². The van der Waals surface area contributed by atoms with Gasteiger partial charge in [0, 0.05) is 17.5 Å². The molecule has 2 aromatic heterocycles. The van der Waals surface area contributed by atoms with Crippen LogP contribution in [-0.2, 0) is 6.54 Å². The average molecular weight is 348 g/mol. The van der Waals surface area contributed by atoms with Gasteiger partial charge in [-0.25, -0.2) is 5.43 Å². The molecule has 3 N–H and O–H groups in total. The number of hydrogen-bond donors (Lipinski definition) is 3. The molecule has 0 fully saturated rings. The average Bonchev–Trinajstić information content (AvgIpc) is 2.97. The first kappa shape index (κ1) is 15.8. The summed E-state index contributed by atoms with van der Waals surface area (Å²) in [6, 6.07) is 12.1. The van der Waals surface area contributed by atoms with Gasteiger partial charge in [-0.3, -0.25) is 0 Å². The number of aromatic hydroxyl groups is 2. The van der Waals surface area contributed by atoms with E-state index in [1.54, 1.807) is 0 Å². The van der Waals surface area contributed by atoms with Gasteiger partial charge in [0.15, 0.2) is 5.65 Å². The zero-order chi connectivity index (χ0) is 18.1. The van der Waals surface area contributed by atoms with E-state index in [1.165, 1.54) is 24.4 Å². The predicted molar refractivity (Wildman–Crippen MR) is 99.5 cm³/mol. The summed E-state index contributed by atoms with van der Waals surface area (Å²) in [5.41, 5.74) is 5.59. The summed E-state index contributed by atoms with van der Waals surface area (Å²) in [6.07, 6.45) is 1.37. The minimum absolute atomic E-state index is 0.00829. The van der Waals surface area contributed by atoms with Crippen LogP contribution in [0.4, 0.5) is 5.95 Å². The van der Waals surface area contributed by atoms with Crippen molar-refractivity contribution in [1.82, 2.24) is 19.7 Å². The van der Waals surface area contributed by atoms with E-state index in [9.17, 15) is 10.2 Å². The van der Waals surface area contributed by atoms with Crippen LogP contribution in [-0.4, -0.2) is 36.2 Å². The fourth-order valence-corrected chi connectivity index (χ4v) is 2.88. The molecule has 0 radical (unpaired) electrons. The van der Waals surface area contributed by atoms with Gasteiger partial charge in [-0.15, -0.1) is 10.2 Å². The van der Waals surface area contributed by atoms with Crippen LogP contribution in [0.2, 0.25) is 0 Å². The molecule has 8 heteroatoms.